The average molecular weight is 437 g/mol. The highest BCUT2D eigenvalue weighted by Gasteiger charge is 2.18. The highest BCUT2D eigenvalue weighted by atomic mass is 16.4. The Morgan fingerprint density at radius 3 is 1.48 bits per heavy atom. The fourth-order valence-corrected chi connectivity index (χ4v) is 3.79. The summed E-state index contributed by atoms with van der Waals surface area (Å²) in [6.07, 6.45) is 30.6. The van der Waals surface area contributed by atoms with Gasteiger partial charge in [-0.15, -0.1) is 0 Å². The van der Waals surface area contributed by atoms with Gasteiger partial charge in [0.05, 0.1) is 12.3 Å². The first-order valence-electron chi connectivity index (χ1n) is 12.8. The molecule has 0 aliphatic carbocycles. The van der Waals surface area contributed by atoms with Crippen LogP contribution in [-0.4, -0.2) is 22.2 Å². The van der Waals surface area contributed by atoms with Gasteiger partial charge in [-0.25, -0.2) is 0 Å². The Hall–Kier alpha value is -1.58. The monoisotopic (exact) mass is 436 g/mol. The van der Waals surface area contributed by atoms with Gasteiger partial charge in [-0.2, -0.15) is 0 Å². The predicted octanol–water partition coefficient (Wildman–Crippen LogP) is 8.32. The molecule has 4 heteroatoms. The van der Waals surface area contributed by atoms with Crippen LogP contribution in [0.5, 0.6) is 0 Å². The Kier molecular flexibility index (Phi) is 21.9. The van der Waals surface area contributed by atoms with E-state index < -0.39 is 17.9 Å². The van der Waals surface area contributed by atoms with Gasteiger partial charge in [0.25, 0.3) is 0 Å². The van der Waals surface area contributed by atoms with Crippen LogP contribution in [0.15, 0.2) is 24.3 Å². The molecule has 1 atom stereocenters. The minimum absolute atomic E-state index is 0.255. The van der Waals surface area contributed by atoms with E-state index in [0.29, 0.717) is 0 Å². The van der Waals surface area contributed by atoms with Crippen LogP contribution in [0.4, 0.5) is 0 Å². The molecule has 0 heterocycles. The van der Waals surface area contributed by atoms with Crippen molar-refractivity contribution in [3.05, 3.63) is 24.3 Å². The highest BCUT2D eigenvalue weighted by molar-refractivity contribution is 5.77. The number of carboxylic acid groups (broad SMARTS) is 2. The van der Waals surface area contributed by atoms with E-state index in [-0.39, 0.29) is 12.8 Å². The predicted molar refractivity (Wildman–Crippen MR) is 130 cm³/mol. The Bertz CT molecular complexity index is 482. The van der Waals surface area contributed by atoms with Crippen LogP contribution < -0.4 is 0 Å². The SMILES string of the molecule is CCCCCCCCCCCCCCCCCC/C=C/C=C/CC(CC(=O)O)C(=O)O. The topological polar surface area (TPSA) is 74.6 Å². The summed E-state index contributed by atoms with van der Waals surface area (Å²) in [7, 11) is 0. The first kappa shape index (κ1) is 29.4. The summed E-state index contributed by atoms with van der Waals surface area (Å²) >= 11 is 0. The summed E-state index contributed by atoms with van der Waals surface area (Å²) in [5, 5.41) is 17.7. The van der Waals surface area contributed by atoms with Crippen molar-refractivity contribution in [1.82, 2.24) is 0 Å². The molecule has 0 spiro atoms. The van der Waals surface area contributed by atoms with Crippen molar-refractivity contribution >= 4 is 11.9 Å². The minimum atomic E-state index is -1.07. The second-order valence-electron chi connectivity index (χ2n) is 8.82. The number of carboxylic acids is 2. The number of hydrogen-bond donors (Lipinski definition) is 2. The quantitative estimate of drug-likeness (QED) is 0.125. The highest BCUT2D eigenvalue weighted by Crippen LogP contribution is 2.14. The molecule has 0 amide bonds. The maximum atomic E-state index is 11.0. The average Bonchev–Trinajstić information content (AvgIpc) is 2.73. The fourth-order valence-electron chi connectivity index (χ4n) is 3.79. The van der Waals surface area contributed by atoms with Gasteiger partial charge in [0, 0.05) is 0 Å². The summed E-state index contributed by atoms with van der Waals surface area (Å²) in [6, 6.07) is 0. The molecular weight excluding hydrogens is 388 g/mol. The van der Waals surface area contributed by atoms with Gasteiger partial charge in [0.2, 0.25) is 0 Å². The fraction of sp³-hybridized carbons (Fsp3) is 0.778. The lowest BCUT2D eigenvalue weighted by Crippen LogP contribution is -2.16. The van der Waals surface area contributed by atoms with Crippen LogP contribution in [0.2, 0.25) is 0 Å². The lowest BCUT2D eigenvalue weighted by atomic mass is 10.0. The van der Waals surface area contributed by atoms with Gasteiger partial charge in [-0.3, -0.25) is 9.59 Å². The Morgan fingerprint density at radius 1 is 0.645 bits per heavy atom. The molecule has 0 aromatic rings. The third kappa shape index (κ3) is 22.9. The largest absolute Gasteiger partial charge is 0.481 e. The van der Waals surface area contributed by atoms with Crippen molar-refractivity contribution in [2.24, 2.45) is 5.92 Å². The Labute approximate surface area is 191 Å². The standard InChI is InChI=1S/C27H48O4/c1-2-3-4-5-6-7-8-9-10-11-12-13-14-15-16-17-18-19-20-21-22-23-25(27(30)31)24-26(28)29/h19-22,25H,2-18,23-24H2,1H3,(H,28,29)(H,30,31)/b20-19+,22-21+. The molecule has 0 bridgehead atoms. The maximum Gasteiger partial charge on any atom is 0.307 e. The van der Waals surface area contributed by atoms with Crippen LogP contribution in [0, 0.1) is 5.92 Å². The van der Waals surface area contributed by atoms with Crippen LogP contribution >= 0.6 is 0 Å². The smallest absolute Gasteiger partial charge is 0.307 e. The second-order valence-corrected chi connectivity index (χ2v) is 8.82. The van der Waals surface area contributed by atoms with E-state index in [1.165, 1.54) is 103 Å². The summed E-state index contributed by atoms with van der Waals surface area (Å²) in [5.41, 5.74) is 0. The van der Waals surface area contributed by atoms with Crippen LogP contribution in [0.25, 0.3) is 0 Å². The number of hydrogen-bond acceptors (Lipinski definition) is 2. The van der Waals surface area contributed by atoms with E-state index in [1.54, 1.807) is 6.08 Å². The van der Waals surface area contributed by atoms with E-state index in [4.69, 9.17) is 10.2 Å². The number of rotatable bonds is 23. The molecule has 0 aromatic heterocycles. The van der Waals surface area contributed by atoms with E-state index >= 15 is 0 Å². The van der Waals surface area contributed by atoms with Crippen LogP contribution in [0.3, 0.4) is 0 Å². The van der Waals surface area contributed by atoms with Crippen molar-refractivity contribution in [3.63, 3.8) is 0 Å². The molecule has 0 radical (unpaired) electrons. The third-order valence-electron chi connectivity index (χ3n) is 5.80. The van der Waals surface area contributed by atoms with Gasteiger partial charge in [-0.05, 0) is 19.3 Å². The minimum Gasteiger partial charge on any atom is -0.481 e. The van der Waals surface area contributed by atoms with E-state index in [0.717, 1.165) is 6.42 Å². The van der Waals surface area contributed by atoms with Crippen molar-refractivity contribution in [2.45, 2.75) is 129 Å². The van der Waals surface area contributed by atoms with Crippen molar-refractivity contribution in [2.75, 3.05) is 0 Å². The maximum absolute atomic E-state index is 11.0. The molecule has 0 saturated carbocycles. The lowest BCUT2D eigenvalue weighted by molar-refractivity contribution is -0.148. The number of carbonyl (C=O) groups is 2. The first-order chi connectivity index (χ1) is 15.1. The van der Waals surface area contributed by atoms with Crippen molar-refractivity contribution in [3.8, 4) is 0 Å². The van der Waals surface area contributed by atoms with Crippen molar-refractivity contribution in [1.29, 1.82) is 0 Å². The molecule has 180 valence electrons. The molecule has 0 fully saturated rings. The first-order valence-corrected chi connectivity index (χ1v) is 12.8. The summed E-state index contributed by atoms with van der Waals surface area (Å²) in [4.78, 5) is 21.6. The molecule has 0 aromatic carbocycles. The summed E-state index contributed by atoms with van der Waals surface area (Å²) in [5.74, 6) is -2.97. The van der Waals surface area contributed by atoms with Gasteiger partial charge in [0.15, 0.2) is 0 Å². The summed E-state index contributed by atoms with van der Waals surface area (Å²) < 4.78 is 0. The number of aliphatic carboxylic acids is 2. The van der Waals surface area contributed by atoms with Gasteiger partial charge >= 0.3 is 11.9 Å². The number of unbranched alkanes of at least 4 members (excludes halogenated alkanes) is 16. The third-order valence-corrected chi connectivity index (χ3v) is 5.80. The van der Waals surface area contributed by atoms with Gasteiger partial charge < -0.3 is 10.2 Å². The van der Waals surface area contributed by atoms with E-state index in [9.17, 15) is 9.59 Å². The molecule has 4 nitrogen and oxygen atoms in total. The lowest BCUT2D eigenvalue weighted by Gasteiger charge is -2.05. The second kappa shape index (κ2) is 23.1. The zero-order valence-corrected chi connectivity index (χ0v) is 20.0. The van der Waals surface area contributed by atoms with Crippen LogP contribution in [-0.2, 0) is 9.59 Å². The molecule has 1 unspecified atom stereocenters. The molecule has 0 rings (SSSR count). The van der Waals surface area contributed by atoms with E-state index in [1.807, 2.05) is 12.2 Å². The number of allylic oxidation sites excluding steroid dienone is 4. The Morgan fingerprint density at radius 2 is 1.06 bits per heavy atom. The molecule has 2 N–H and O–H groups in total. The van der Waals surface area contributed by atoms with Crippen LogP contribution in [0.1, 0.15) is 129 Å². The Balaban J connectivity index is 3.37. The normalized spacial score (nSPS) is 12.7. The molecule has 31 heavy (non-hydrogen) atoms. The zero-order chi connectivity index (χ0) is 23.0. The molecule has 0 saturated heterocycles. The van der Waals surface area contributed by atoms with Crippen molar-refractivity contribution < 1.29 is 19.8 Å². The molecule has 0 aliphatic heterocycles. The summed E-state index contributed by atoms with van der Waals surface area (Å²) in [6.45, 7) is 2.27. The molecule has 0 aliphatic rings. The van der Waals surface area contributed by atoms with Gasteiger partial charge in [-0.1, -0.05) is 128 Å². The molecular formula is C27H48O4. The van der Waals surface area contributed by atoms with Gasteiger partial charge in [0.1, 0.15) is 0 Å². The van der Waals surface area contributed by atoms with E-state index in [2.05, 4.69) is 13.0 Å². The zero-order valence-electron chi connectivity index (χ0n) is 20.0.